The number of halogens is 1. The van der Waals surface area contributed by atoms with Crippen LogP contribution < -0.4 is 0 Å². The Morgan fingerprint density at radius 3 is 2.60 bits per heavy atom. The van der Waals surface area contributed by atoms with E-state index in [1.807, 2.05) is 11.8 Å². The fourth-order valence-electron chi connectivity index (χ4n) is 2.78. The number of carbonyl (C=O) groups excluding carboxylic acids is 1. The lowest BCUT2D eigenvalue weighted by Crippen LogP contribution is -2.61. The van der Waals surface area contributed by atoms with Gasteiger partial charge < -0.3 is 9.64 Å². The number of piperidine rings is 2. The molecule has 1 unspecified atom stereocenters. The number of hydrogen-bond acceptors (Lipinski definition) is 2. The average molecular weight is 232 g/mol. The molecule has 0 aromatic carbocycles. The summed E-state index contributed by atoms with van der Waals surface area (Å²) in [6.45, 7) is 3.60. The summed E-state index contributed by atoms with van der Waals surface area (Å²) in [4.78, 5) is 13.8. The molecule has 1 amide bonds. The summed E-state index contributed by atoms with van der Waals surface area (Å²) < 4.78 is 5.40. The highest BCUT2D eigenvalue weighted by molar-refractivity contribution is 6.30. The Morgan fingerprint density at radius 1 is 1.53 bits per heavy atom. The zero-order valence-corrected chi connectivity index (χ0v) is 10.0. The molecule has 2 heterocycles. The van der Waals surface area contributed by atoms with Crippen LogP contribution in [0.15, 0.2) is 0 Å². The van der Waals surface area contributed by atoms with Crippen LogP contribution in [0.4, 0.5) is 0 Å². The monoisotopic (exact) mass is 231 g/mol. The predicted molar refractivity (Wildman–Crippen MR) is 58.9 cm³/mol. The normalized spacial score (nSPS) is 35.9. The Labute approximate surface area is 95.7 Å². The molecule has 3 aliphatic rings. The van der Waals surface area contributed by atoms with E-state index in [1.54, 1.807) is 7.11 Å². The summed E-state index contributed by atoms with van der Waals surface area (Å²) in [5.74, 6) is 1.18. The van der Waals surface area contributed by atoms with E-state index in [2.05, 4.69) is 0 Å². The van der Waals surface area contributed by atoms with E-state index in [-0.39, 0.29) is 11.3 Å². The molecule has 4 heteroatoms. The minimum absolute atomic E-state index is 0.100. The van der Waals surface area contributed by atoms with Crippen molar-refractivity contribution >= 4 is 17.5 Å². The largest absolute Gasteiger partial charge is 0.381 e. The van der Waals surface area contributed by atoms with Crippen molar-refractivity contribution in [2.45, 2.75) is 31.2 Å². The van der Waals surface area contributed by atoms with Gasteiger partial charge in [-0.15, -0.1) is 11.6 Å². The molecule has 3 nitrogen and oxygen atoms in total. The standard InChI is InChI=1S/C11H18ClNO2/c1-3-9(12)11(14)13-5-7-4-8(6-13)10(7)15-2/h7-10H,3-6H2,1-2H3/t7-,8+,9-,10?/m1/s1. The third-order valence-electron chi connectivity index (χ3n) is 3.65. The zero-order chi connectivity index (χ0) is 11.0. The van der Waals surface area contributed by atoms with E-state index in [4.69, 9.17) is 16.3 Å². The Hall–Kier alpha value is -0.280. The number of hydrogen-bond donors (Lipinski definition) is 0. The SMILES string of the molecule is CC[C@@H](Cl)C(=O)N1C[C@H]2C[C@@H](C1)C2OC. The Bertz CT molecular complexity index is 247. The van der Waals surface area contributed by atoms with Crippen molar-refractivity contribution in [3.8, 4) is 0 Å². The highest BCUT2D eigenvalue weighted by Gasteiger charge is 2.48. The summed E-state index contributed by atoms with van der Waals surface area (Å²) in [6, 6.07) is 0. The van der Waals surface area contributed by atoms with Gasteiger partial charge >= 0.3 is 0 Å². The summed E-state index contributed by atoms with van der Waals surface area (Å²) in [5, 5.41) is -0.344. The van der Waals surface area contributed by atoms with Crippen LogP contribution >= 0.6 is 11.6 Å². The first-order valence-electron chi connectivity index (χ1n) is 5.63. The minimum Gasteiger partial charge on any atom is -0.381 e. The molecular weight excluding hydrogens is 214 g/mol. The molecule has 0 aromatic rings. The molecule has 1 aliphatic carbocycles. The lowest BCUT2D eigenvalue weighted by Gasteiger charge is -2.52. The lowest BCUT2D eigenvalue weighted by molar-refractivity contribution is -0.155. The van der Waals surface area contributed by atoms with E-state index < -0.39 is 0 Å². The molecule has 3 rings (SSSR count). The topological polar surface area (TPSA) is 29.5 Å². The summed E-state index contributed by atoms with van der Waals surface area (Å²) in [5.41, 5.74) is 0. The molecule has 1 saturated carbocycles. The molecule has 0 aromatic heterocycles. The molecule has 0 N–H and O–H groups in total. The van der Waals surface area contributed by atoms with Gasteiger partial charge in [0.1, 0.15) is 5.38 Å². The van der Waals surface area contributed by atoms with Gasteiger partial charge in [0.25, 0.3) is 0 Å². The van der Waals surface area contributed by atoms with Crippen LogP contribution in [0.3, 0.4) is 0 Å². The van der Waals surface area contributed by atoms with Crippen molar-refractivity contribution in [1.82, 2.24) is 4.90 Å². The second-order valence-corrected chi connectivity index (χ2v) is 5.10. The zero-order valence-electron chi connectivity index (χ0n) is 9.28. The molecule has 2 bridgehead atoms. The maximum absolute atomic E-state index is 11.8. The second kappa shape index (κ2) is 4.30. The van der Waals surface area contributed by atoms with Gasteiger partial charge in [0.15, 0.2) is 0 Å². The predicted octanol–water partition coefficient (Wildman–Crippen LogP) is 1.50. The van der Waals surface area contributed by atoms with Gasteiger partial charge in [-0.2, -0.15) is 0 Å². The number of amides is 1. The molecule has 4 atom stereocenters. The molecule has 2 aliphatic heterocycles. The summed E-state index contributed by atoms with van der Waals surface area (Å²) in [6.07, 6.45) is 2.30. The van der Waals surface area contributed by atoms with Gasteiger partial charge in [-0.25, -0.2) is 0 Å². The van der Waals surface area contributed by atoms with E-state index >= 15 is 0 Å². The van der Waals surface area contributed by atoms with Gasteiger partial charge in [-0.1, -0.05) is 6.92 Å². The van der Waals surface area contributed by atoms with Crippen LogP contribution in [0, 0.1) is 11.8 Å². The number of fused-ring (bicyclic) bond motifs is 2. The number of nitrogens with zero attached hydrogens (tertiary/aromatic N) is 1. The highest BCUT2D eigenvalue weighted by atomic mass is 35.5. The molecule has 2 saturated heterocycles. The van der Waals surface area contributed by atoms with Crippen molar-refractivity contribution in [1.29, 1.82) is 0 Å². The third-order valence-corrected chi connectivity index (χ3v) is 4.15. The van der Waals surface area contributed by atoms with Crippen LogP contribution in [-0.2, 0) is 9.53 Å². The number of rotatable bonds is 3. The van der Waals surface area contributed by atoms with Gasteiger partial charge in [0, 0.05) is 32.0 Å². The summed E-state index contributed by atoms with van der Waals surface area (Å²) in [7, 11) is 1.76. The molecule has 0 spiro atoms. The summed E-state index contributed by atoms with van der Waals surface area (Å²) >= 11 is 5.96. The fraction of sp³-hybridized carbons (Fsp3) is 0.909. The Kier molecular flexibility index (Phi) is 3.21. The quantitative estimate of drug-likeness (QED) is 0.689. The molecule has 3 fully saturated rings. The number of alkyl halides is 1. The third kappa shape index (κ3) is 1.87. The van der Waals surface area contributed by atoms with Crippen LogP contribution in [0.2, 0.25) is 0 Å². The van der Waals surface area contributed by atoms with Crippen molar-refractivity contribution in [2.75, 3.05) is 20.2 Å². The lowest BCUT2D eigenvalue weighted by atomic mass is 9.68. The molecular formula is C11H18ClNO2. The van der Waals surface area contributed by atoms with Gasteiger partial charge in [0.05, 0.1) is 6.10 Å². The Balaban J connectivity index is 1.91. The van der Waals surface area contributed by atoms with E-state index in [0.717, 1.165) is 13.1 Å². The van der Waals surface area contributed by atoms with E-state index in [1.165, 1.54) is 6.42 Å². The number of carbonyl (C=O) groups is 1. The second-order valence-electron chi connectivity index (χ2n) is 4.58. The molecule has 15 heavy (non-hydrogen) atoms. The molecule has 0 radical (unpaired) electrons. The van der Waals surface area contributed by atoms with Gasteiger partial charge in [0.2, 0.25) is 5.91 Å². The first kappa shape index (κ1) is 11.2. The van der Waals surface area contributed by atoms with Crippen molar-refractivity contribution in [2.24, 2.45) is 11.8 Å². The highest BCUT2D eigenvalue weighted by Crippen LogP contribution is 2.42. The van der Waals surface area contributed by atoms with E-state index in [9.17, 15) is 4.79 Å². The first-order chi connectivity index (χ1) is 7.17. The Morgan fingerprint density at radius 2 is 2.13 bits per heavy atom. The average Bonchev–Trinajstić information content (AvgIpc) is 2.27. The minimum atomic E-state index is -0.344. The van der Waals surface area contributed by atoms with Crippen LogP contribution in [0.1, 0.15) is 19.8 Å². The smallest absolute Gasteiger partial charge is 0.240 e. The van der Waals surface area contributed by atoms with E-state index in [0.29, 0.717) is 24.4 Å². The molecule has 86 valence electrons. The van der Waals surface area contributed by atoms with Gasteiger partial charge in [-0.3, -0.25) is 4.79 Å². The van der Waals surface area contributed by atoms with Crippen LogP contribution in [0.25, 0.3) is 0 Å². The first-order valence-corrected chi connectivity index (χ1v) is 6.06. The fourth-order valence-corrected chi connectivity index (χ4v) is 2.92. The number of ether oxygens (including phenoxy) is 1. The van der Waals surface area contributed by atoms with Crippen molar-refractivity contribution in [3.05, 3.63) is 0 Å². The van der Waals surface area contributed by atoms with Gasteiger partial charge in [-0.05, 0) is 12.8 Å². The van der Waals surface area contributed by atoms with Crippen molar-refractivity contribution in [3.63, 3.8) is 0 Å². The maximum atomic E-state index is 11.8. The van der Waals surface area contributed by atoms with Crippen molar-refractivity contribution < 1.29 is 9.53 Å². The maximum Gasteiger partial charge on any atom is 0.240 e. The number of methoxy groups -OCH3 is 1. The van der Waals surface area contributed by atoms with Crippen LogP contribution in [-0.4, -0.2) is 42.5 Å². The van der Waals surface area contributed by atoms with Crippen LogP contribution in [0.5, 0.6) is 0 Å².